The van der Waals surface area contributed by atoms with Gasteiger partial charge in [-0.25, -0.2) is 4.98 Å². The van der Waals surface area contributed by atoms with Gasteiger partial charge in [0.2, 0.25) is 23.7 Å². The van der Waals surface area contributed by atoms with Crippen LogP contribution in [0.2, 0.25) is 5.02 Å². The molecule has 150 valence electrons. The van der Waals surface area contributed by atoms with Gasteiger partial charge in [0.05, 0.1) is 11.0 Å². The third-order valence-corrected chi connectivity index (χ3v) is 5.05. The van der Waals surface area contributed by atoms with Crippen LogP contribution >= 0.6 is 23.1 Å². The van der Waals surface area contributed by atoms with E-state index in [1.165, 1.54) is 0 Å². The highest BCUT2D eigenvalue weighted by Crippen LogP contribution is 2.35. The van der Waals surface area contributed by atoms with Gasteiger partial charge in [0.1, 0.15) is 0 Å². The molecule has 10 nitrogen and oxygen atoms in total. The van der Waals surface area contributed by atoms with Gasteiger partial charge in [-0.05, 0) is 24.3 Å². The van der Waals surface area contributed by atoms with Crippen molar-refractivity contribution in [2.45, 2.75) is 0 Å². The maximum absolute atomic E-state index is 12.4. The van der Waals surface area contributed by atoms with Gasteiger partial charge in [0, 0.05) is 34.3 Å². The molecule has 2 aromatic heterocycles. The molecule has 0 unspecified atom stereocenters. The highest BCUT2D eigenvalue weighted by molar-refractivity contribution is 7.10. The van der Waals surface area contributed by atoms with E-state index in [0.717, 1.165) is 11.5 Å². The lowest BCUT2D eigenvalue weighted by atomic mass is 10.2. The Kier molecular flexibility index (Phi) is 4.45. The van der Waals surface area contributed by atoms with E-state index in [1.54, 1.807) is 36.4 Å². The summed E-state index contributed by atoms with van der Waals surface area (Å²) in [6, 6.07) is 9.84. The number of rotatable bonds is 4. The molecular formula is C18H11ClN6O4S. The number of ether oxygens (including phenoxy) is 2. The normalized spacial score (nSPS) is 12.2. The number of halogens is 1. The number of anilines is 2. The molecule has 1 aliphatic heterocycles. The van der Waals surface area contributed by atoms with Gasteiger partial charge in [-0.15, -0.1) is 0 Å². The van der Waals surface area contributed by atoms with Gasteiger partial charge in [-0.2, -0.15) is 9.36 Å². The van der Waals surface area contributed by atoms with Crippen LogP contribution in [-0.2, 0) is 0 Å². The van der Waals surface area contributed by atoms with Crippen LogP contribution in [0.4, 0.5) is 11.1 Å². The van der Waals surface area contributed by atoms with Crippen molar-refractivity contribution < 1.29 is 19.1 Å². The number of H-pyrrole nitrogens is 1. The largest absolute Gasteiger partial charge is 0.454 e. The number of amides is 2. The highest BCUT2D eigenvalue weighted by Gasteiger charge is 2.19. The summed E-state index contributed by atoms with van der Waals surface area (Å²) in [6.07, 6.45) is 0. The SMILES string of the molecule is O=C(Nc1nc(C(=O)Nc2nc3cc4c(cc3[nH]2)OCO4)ns1)c1ccc(Cl)cc1. The van der Waals surface area contributed by atoms with Crippen molar-refractivity contribution in [1.29, 1.82) is 0 Å². The first-order chi connectivity index (χ1) is 14.5. The molecule has 0 saturated carbocycles. The number of fused-ring (bicyclic) bond motifs is 2. The Morgan fingerprint density at radius 1 is 1.03 bits per heavy atom. The fourth-order valence-electron chi connectivity index (χ4n) is 2.76. The van der Waals surface area contributed by atoms with Crippen LogP contribution in [0.5, 0.6) is 11.5 Å². The molecule has 3 N–H and O–H groups in total. The van der Waals surface area contributed by atoms with E-state index >= 15 is 0 Å². The zero-order valence-corrected chi connectivity index (χ0v) is 16.5. The Morgan fingerprint density at radius 2 is 1.80 bits per heavy atom. The fraction of sp³-hybridized carbons (Fsp3) is 0.0556. The van der Waals surface area contributed by atoms with Crippen molar-refractivity contribution in [2.24, 2.45) is 0 Å². The standard InChI is InChI=1S/C18H11ClN6O4S/c19-9-3-1-8(2-4-9)15(26)24-18-22-14(25-30-18)16(27)23-17-20-10-5-12-13(29-7-28-12)6-11(10)21-17/h1-6H,7H2,(H2,20,21,23,27)(H,22,24,25,26). The van der Waals surface area contributed by atoms with Gasteiger partial charge >= 0.3 is 0 Å². The van der Waals surface area contributed by atoms with Crippen molar-refractivity contribution in [3.05, 3.63) is 52.8 Å². The van der Waals surface area contributed by atoms with Crippen LogP contribution in [0, 0.1) is 0 Å². The lowest BCUT2D eigenvalue weighted by molar-refractivity contribution is 0.101. The Morgan fingerprint density at radius 3 is 2.60 bits per heavy atom. The summed E-state index contributed by atoms with van der Waals surface area (Å²) in [5, 5.41) is 5.90. The van der Waals surface area contributed by atoms with Crippen LogP contribution in [-0.4, -0.2) is 37.9 Å². The predicted molar refractivity (Wildman–Crippen MR) is 109 cm³/mol. The van der Waals surface area contributed by atoms with Crippen molar-refractivity contribution in [3.8, 4) is 11.5 Å². The Bertz CT molecular complexity index is 1240. The second-order valence-corrected chi connectivity index (χ2v) is 7.33. The van der Waals surface area contributed by atoms with Crippen LogP contribution < -0.4 is 20.1 Å². The van der Waals surface area contributed by atoms with E-state index in [9.17, 15) is 9.59 Å². The van der Waals surface area contributed by atoms with Gasteiger partial charge in [-0.3, -0.25) is 20.2 Å². The summed E-state index contributed by atoms with van der Waals surface area (Å²) < 4.78 is 14.6. The molecule has 0 bridgehead atoms. The first-order valence-corrected chi connectivity index (χ1v) is 9.71. The summed E-state index contributed by atoms with van der Waals surface area (Å²) in [7, 11) is 0. The minimum absolute atomic E-state index is 0.0963. The molecular weight excluding hydrogens is 432 g/mol. The van der Waals surface area contributed by atoms with E-state index in [0.29, 0.717) is 33.1 Å². The molecule has 0 saturated heterocycles. The number of imidazole rings is 1. The van der Waals surface area contributed by atoms with E-state index < -0.39 is 5.91 Å². The second kappa shape index (κ2) is 7.28. The molecule has 0 spiro atoms. The van der Waals surface area contributed by atoms with Crippen LogP contribution in [0.3, 0.4) is 0 Å². The van der Waals surface area contributed by atoms with Crippen molar-refractivity contribution >= 4 is 57.1 Å². The number of carbonyl (C=O) groups excluding carboxylic acids is 2. The number of aromatic nitrogens is 4. The minimum Gasteiger partial charge on any atom is -0.454 e. The summed E-state index contributed by atoms with van der Waals surface area (Å²) in [5.74, 6) is 0.364. The first kappa shape index (κ1) is 18.3. The third kappa shape index (κ3) is 3.51. The average molecular weight is 443 g/mol. The molecule has 0 radical (unpaired) electrons. The maximum atomic E-state index is 12.4. The Hall–Kier alpha value is -3.70. The predicted octanol–water partition coefficient (Wildman–Crippen LogP) is 3.30. The Labute approximate surface area is 177 Å². The van der Waals surface area contributed by atoms with E-state index in [2.05, 4.69) is 30.0 Å². The molecule has 2 amide bonds. The molecule has 0 fully saturated rings. The number of hydrogen-bond donors (Lipinski definition) is 3. The van der Waals surface area contributed by atoms with Gasteiger partial charge in [0.25, 0.3) is 11.8 Å². The van der Waals surface area contributed by atoms with Crippen LogP contribution in [0.1, 0.15) is 21.0 Å². The topological polar surface area (TPSA) is 131 Å². The van der Waals surface area contributed by atoms with Gasteiger partial charge in [0.15, 0.2) is 11.5 Å². The summed E-state index contributed by atoms with van der Waals surface area (Å²) >= 11 is 6.71. The molecule has 30 heavy (non-hydrogen) atoms. The number of carbonyl (C=O) groups is 2. The molecule has 4 aromatic rings. The molecule has 2 aromatic carbocycles. The van der Waals surface area contributed by atoms with E-state index in [1.807, 2.05) is 0 Å². The first-order valence-electron chi connectivity index (χ1n) is 8.56. The number of hydrogen-bond acceptors (Lipinski definition) is 8. The fourth-order valence-corrected chi connectivity index (χ4v) is 3.45. The smallest absolute Gasteiger partial charge is 0.296 e. The molecule has 5 rings (SSSR count). The van der Waals surface area contributed by atoms with Crippen molar-refractivity contribution in [3.63, 3.8) is 0 Å². The number of nitrogens with zero attached hydrogens (tertiary/aromatic N) is 3. The number of nitrogens with one attached hydrogen (secondary N) is 3. The zero-order valence-electron chi connectivity index (χ0n) is 14.9. The lowest BCUT2D eigenvalue weighted by Crippen LogP contribution is -2.15. The van der Waals surface area contributed by atoms with Crippen LogP contribution in [0.25, 0.3) is 11.0 Å². The van der Waals surface area contributed by atoms with Crippen molar-refractivity contribution in [1.82, 2.24) is 19.3 Å². The number of benzene rings is 2. The van der Waals surface area contributed by atoms with Crippen molar-refractivity contribution in [2.75, 3.05) is 17.4 Å². The van der Waals surface area contributed by atoms with E-state index in [-0.39, 0.29) is 29.6 Å². The monoisotopic (exact) mass is 442 g/mol. The third-order valence-electron chi connectivity index (χ3n) is 4.16. The van der Waals surface area contributed by atoms with Crippen LogP contribution in [0.15, 0.2) is 36.4 Å². The molecule has 3 heterocycles. The van der Waals surface area contributed by atoms with Gasteiger partial charge in [-0.1, -0.05) is 11.6 Å². The highest BCUT2D eigenvalue weighted by atomic mass is 35.5. The zero-order chi connectivity index (χ0) is 20.7. The molecule has 0 atom stereocenters. The molecule has 0 aliphatic carbocycles. The lowest BCUT2D eigenvalue weighted by Gasteiger charge is -2.01. The van der Waals surface area contributed by atoms with E-state index in [4.69, 9.17) is 21.1 Å². The number of aromatic amines is 1. The quantitative estimate of drug-likeness (QED) is 0.441. The molecule has 1 aliphatic rings. The summed E-state index contributed by atoms with van der Waals surface area (Å²) in [4.78, 5) is 36.0. The maximum Gasteiger partial charge on any atom is 0.296 e. The summed E-state index contributed by atoms with van der Waals surface area (Å²) in [6.45, 7) is 0.165. The molecule has 12 heteroatoms. The second-order valence-electron chi connectivity index (χ2n) is 6.15. The summed E-state index contributed by atoms with van der Waals surface area (Å²) in [5.41, 5.74) is 1.69. The van der Waals surface area contributed by atoms with Gasteiger partial charge < -0.3 is 14.5 Å². The Balaban J connectivity index is 1.28. The minimum atomic E-state index is -0.572. The average Bonchev–Trinajstić information content (AvgIpc) is 3.45.